The van der Waals surface area contributed by atoms with Gasteiger partial charge in [0, 0.05) is 17.1 Å². The molecular formula is C4H9BrCuS. The van der Waals surface area contributed by atoms with E-state index in [2.05, 4.69) is 29.8 Å². The molecule has 3 heteroatoms. The molecule has 1 radical (unpaired) electrons. The smallest absolute Gasteiger partial charge is 0.0572 e. The predicted molar refractivity (Wildman–Crippen MR) is 36.5 cm³/mol. The Kier molecular flexibility index (Phi) is 11.7. The molecule has 0 bridgehead atoms. The van der Waals surface area contributed by atoms with Gasteiger partial charge in [-0.15, -0.1) is 11.8 Å². The first kappa shape index (κ1) is 11.2. The van der Waals surface area contributed by atoms with Gasteiger partial charge in [0.15, 0.2) is 0 Å². The summed E-state index contributed by atoms with van der Waals surface area (Å²) in [5.74, 6) is 1.20. The summed E-state index contributed by atoms with van der Waals surface area (Å²) in [7, 11) is 0. The Morgan fingerprint density at radius 2 is 2.14 bits per heavy atom. The fourth-order valence-electron chi connectivity index (χ4n) is 0.230. The van der Waals surface area contributed by atoms with E-state index in [0.717, 1.165) is 0 Å². The van der Waals surface area contributed by atoms with Crippen LogP contribution in [0, 0.1) is 0 Å². The summed E-state index contributed by atoms with van der Waals surface area (Å²) in [4.78, 5) is 0. The molecule has 0 rings (SSSR count). The molecule has 0 aliphatic heterocycles. The van der Waals surface area contributed by atoms with E-state index in [0.29, 0.717) is 4.16 Å². The monoisotopic (exact) mass is 231 g/mol. The molecule has 0 saturated carbocycles. The molecule has 7 heavy (non-hydrogen) atoms. The Morgan fingerprint density at radius 1 is 1.71 bits per heavy atom. The molecule has 1 unspecified atom stereocenters. The molecular weight excluding hydrogens is 224 g/mol. The van der Waals surface area contributed by atoms with Crippen LogP contribution in [-0.4, -0.2) is 9.91 Å². The van der Waals surface area contributed by atoms with Crippen LogP contribution in [0.4, 0.5) is 0 Å². The second-order valence-corrected chi connectivity index (χ2v) is 4.60. The fourth-order valence-corrected chi connectivity index (χ4v) is 1.48. The van der Waals surface area contributed by atoms with Crippen molar-refractivity contribution in [3.8, 4) is 0 Å². The Balaban J connectivity index is 0. The van der Waals surface area contributed by atoms with Crippen LogP contribution in [0.1, 0.15) is 13.8 Å². The van der Waals surface area contributed by atoms with Crippen molar-refractivity contribution in [2.75, 3.05) is 5.75 Å². The van der Waals surface area contributed by atoms with Crippen molar-refractivity contribution in [1.29, 1.82) is 0 Å². The maximum absolute atomic E-state index is 3.40. The van der Waals surface area contributed by atoms with Crippen molar-refractivity contribution in [3.63, 3.8) is 0 Å². The van der Waals surface area contributed by atoms with Crippen molar-refractivity contribution in [2.24, 2.45) is 0 Å². The third-order valence-electron chi connectivity index (χ3n) is 0.396. The van der Waals surface area contributed by atoms with Crippen LogP contribution in [0.2, 0.25) is 0 Å². The van der Waals surface area contributed by atoms with E-state index in [1.165, 1.54) is 5.75 Å². The van der Waals surface area contributed by atoms with Gasteiger partial charge in [-0.25, -0.2) is 0 Å². The molecule has 0 aromatic rings. The summed E-state index contributed by atoms with van der Waals surface area (Å²) in [5.41, 5.74) is 0. The Bertz CT molecular complexity index is 32.9. The Labute approximate surface area is 68.4 Å². The van der Waals surface area contributed by atoms with E-state index < -0.39 is 0 Å². The summed E-state index contributed by atoms with van der Waals surface area (Å²) in [6, 6.07) is 0. The molecule has 0 aliphatic rings. The van der Waals surface area contributed by atoms with E-state index in [1.807, 2.05) is 11.8 Å². The van der Waals surface area contributed by atoms with Crippen molar-refractivity contribution < 1.29 is 17.1 Å². The molecule has 0 spiro atoms. The number of thioether (sulfide) groups is 1. The van der Waals surface area contributed by atoms with Crippen molar-refractivity contribution in [3.05, 3.63) is 0 Å². The van der Waals surface area contributed by atoms with Crippen LogP contribution in [0.3, 0.4) is 0 Å². The molecule has 0 nitrogen and oxygen atoms in total. The zero-order valence-electron chi connectivity index (χ0n) is 4.37. The summed E-state index contributed by atoms with van der Waals surface area (Å²) in [6.07, 6.45) is 0. The number of alkyl halides is 1. The van der Waals surface area contributed by atoms with Gasteiger partial charge in [-0.3, -0.25) is 0 Å². The molecule has 0 fully saturated rings. The largest absolute Gasteiger partial charge is 0.148 e. The first-order valence-electron chi connectivity index (χ1n) is 2.03. The van der Waals surface area contributed by atoms with E-state index in [4.69, 9.17) is 0 Å². The third kappa shape index (κ3) is 11.1. The van der Waals surface area contributed by atoms with Crippen LogP contribution in [-0.2, 0) is 17.1 Å². The van der Waals surface area contributed by atoms with Crippen LogP contribution >= 0.6 is 27.7 Å². The predicted octanol–water partition coefficient (Wildman–Crippen LogP) is 2.48. The van der Waals surface area contributed by atoms with E-state index in [-0.39, 0.29) is 17.1 Å². The minimum absolute atomic E-state index is 0. The van der Waals surface area contributed by atoms with Gasteiger partial charge >= 0.3 is 0 Å². The molecule has 0 aromatic heterocycles. The van der Waals surface area contributed by atoms with Gasteiger partial charge in [-0.2, -0.15) is 0 Å². The van der Waals surface area contributed by atoms with Crippen LogP contribution in [0.25, 0.3) is 0 Å². The molecule has 49 valence electrons. The molecule has 0 saturated heterocycles. The topological polar surface area (TPSA) is 0 Å². The maximum Gasteiger partial charge on any atom is 0.0572 e. The van der Waals surface area contributed by atoms with Gasteiger partial charge in [0.25, 0.3) is 0 Å². The van der Waals surface area contributed by atoms with Gasteiger partial charge in [-0.1, -0.05) is 22.9 Å². The average Bonchev–Trinajstić information content (AvgIpc) is 1.35. The van der Waals surface area contributed by atoms with Gasteiger partial charge in [0.1, 0.15) is 0 Å². The first-order valence-corrected chi connectivity index (χ1v) is 3.99. The summed E-state index contributed by atoms with van der Waals surface area (Å²) in [5, 5.41) is 0. The number of hydrogen-bond donors (Lipinski definition) is 0. The quantitative estimate of drug-likeness (QED) is 0.521. The van der Waals surface area contributed by atoms with Crippen molar-refractivity contribution in [2.45, 2.75) is 18.0 Å². The average molecular weight is 233 g/mol. The summed E-state index contributed by atoms with van der Waals surface area (Å²) < 4.78 is 0.627. The number of hydrogen-bond acceptors (Lipinski definition) is 1. The molecule has 0 heterocycles. The minimum Gasteiger partial charge on any atom is -0.148 e. The van der Waals surface area contributed by atoms with E-state index >= 15 is 0 Å². The van der Waals surface area contributed by atoms with Gasteiger partial charge in [-0.05, 0) is 12.7 Å². The minimum atomic E-state index is 0. The van der Waals surface area contributed by atoms with Crippen LogP contribution in [0.5, 0.6) is 0 Å². The SMILES string of the molecule is CCSC(C)Br.[Cu]. The molecule has 1 atom stereocenters. The Morgan fingerprint density at radius 3 is 2.14 bits per heavy atom. The second-order valence-electron chi connectivity index (χ2n) is 0.998. The van der Waals surface area contributed by atoms with Gasteiger partial charge < -0.3 is 0 Å². The van der Waals surface area contributed by atoms with Gasteiger partial charge in [0.2, 0.25) is 0 Å². The standard InChI is InChI=1S/C4H9BrS.Cu/c1-3-6-4(2)5;/h4H,3H2,1-2H3;. The maximum atomic E-state index is 3.40. The van der Waals surface area contributed by atoms with E-state index in [9.17, 15) is 0 Å². The molecule has 0 N–H and O–H groups in total. The van der Waals surface area contributed by atoms with Crippen LogP contribution in [0.15, 0.2) is 0 Å². The van der Waals surface area contributed by atoms with E-state index in [1.54, 1.807) is 0 Å². The fraction of sp³-hybridized carbons (Fsp3) is 1.00. The number of halogens is 1. The number of rotatable bonds is 2. The third-order valence-corrected chi connectivity index (χ3v) is 1.98. The van der Waals surface area contributed by atoms with Crippen molar-refractivity contribution >= 4 is 27.7 Å². The normalized spacial score (nSPS) is 12.4. The second kappa shape index (κ2) is 7.35. The first-order chi connectivity index (χ1) is 2.77. The van der Waals surface area contributed by atoms with Gasteiger partial charge in [0.05, 0.1) is 4.16 Å². The Hall–Kier alpha value is 1.35. The molecule has 0 amide bonds. The molecule has 0 aromatic carbocycles. The zero-order chi connectivity index (χ0) is 4.99. The molecule has 0 aliphatic carbocycles. The summed E-state index contributed by atoms with van der Waals surface area (Å²) in [6.45, 7) is 4.29. The summed E-state index contributed by atoms with van der Waals surface area (Å²) >= 11 is 5.30. The van der Waals surface area contributed by atoms with Crippen LogP contribution < -0.4 is 0 Å². The van der Waals surface area contributed by atoms with Crippen molar-refractivity contribution in [1.82, 2.24) is 0 Å². The zero-order valence-corrected chi connectivity index (χ0v) is 7.72.